The van der Waals surface area contributed by atoms with Crippen molar-refractivity contribution >= 4 is 21.7 Å². The molecule has 0 spiro atoms. The fraction of sp³-hybridized carbons (Fsp3) is 0.133. The highest BCUT2D eigenvalue weighted by Crippen LogP contribution is 2.28. The van der Waals surface area contributed by atoms with Gasteiger partial charge >= 0.3 is 0 Å². The van der Waals surface area contributed by atoms with Gasteiger partial charge in [0.05, 0.1) is 12.7 Å². The molecule has 0 radical (unpaired) electrons. The maximum atomic E-state index is 13.2. The number of hydrogen-bond donors (Lipinski definition) is 0. The van der Waals surface area contributed by atoms with Crippen molar-refractivity contribution in [3.8, 4) is 5.75 Å². The molecule has 2 rings (SSSR count). The van der Waals surface area contributed by atoms with E-state index >= 15 is 0 Å². The quantitative estimate of drug-likeness (QED) is 0.794. The van der Waals surface area contributed by atoms with E-state index in [0.717, 1.165) is 10.0 Å². The second-order valence-corrected chi connectivity index (χ2v) is 5.00. The summed E-state index contributed by atoms with van der Waals surface area (Å²) in [4.78, 5) is 12.4. The van der Waals surface area contributed by atoms with Gasteiger partial charge < -0.3 is 4.74 Å². The molecule has 0 saturated carbocycles. The second-order valence-electron chi connectivity index (χ2n) is 4.14. The maximum Gasteiger partial charge on any atom is 0.196 e. The minimum absolute atomic E-state index is 0.267. The number of methoxy groups -OCH3 is 1. The first-order valence-electron chi connectivity index (χ1n) is 5.67. The van der Waals surface area contributed by atoms with E-state index in [0.29, 0.717) is 16.9 Å². The Morgan fingerprint density at radius 2 is 2.00 bits per heavy atom. The van der Waals surface area contributed by atoms with Crippen molar-refractivity contribution in [3.63, 3.8) is 0 Å². The number of ketones is 1. The third-order valence-electron chi connectivity index (χ3n) is 2.81. The van der Waals surface area contributed by atoms with Crippen LogP contribution < -0.4 is 4.74 Å². The van der Waals surface area contributed by atoms with Gasteiger partial charge in [-0.3, -0.25) is 4.79 Å². The third kappa shape index (κ3) is 2.84. The fourth-order valence-corrected chi connectivity index (χ4v) is 2.13. The first-order valence-corrected chi connectivity index (χ1v) is 6.46. The lowest BCUT2D eigenvalue weighted by atomic mass is 10.0. The number of hydrogen-bond acceptors (Lipinski definition) is 2. The summed E-state index contributed by atoms with van der Waals surface area (Å²) in [5, 5.41) is 0. The van der Waals surface area contributed by atoms with Gasteiger partial charge in [0, 0.05) is 10.0 Å². The van der Waals surface area contributed by atoms with E-state index in [9.17, 15) is 9.18 Å². The zero-order valence-electron chi connectivity index (χ0n) is 10.5. The number of benzene rings is 2. The molecule has 0 saturated heterocycles. The highest BCUT2D eigenvalue weighted by molar-refractivity contribution is 9.10. The SMILES string of the molecule is COc1cc(C)c(Br)cc1C(=O)c1cccc(F)c1. The molecule has 0 amide bonds. The number of carbonyl (C=O) groups is 1. The number of halogens is 2. The van der Waals surface area contributed by atoms with Crippen molar-refractivity contribution in [3.05, 3.63) is 63.4 Å². The average Bonchev–Trinajstić information content (AvgIpc) is 2.40. The predicted octanol–water partition coefficient (Wildman–Crippen LogP) is 4.14. The van der Waals surface area contributed by atoms with Crippen LogP contribution in [0.5, 0.6) is 5.75 Å². The Kier molecular flexibility index (Phi) is 4.00. The molecule has 0 atom stereocenters. The Morgan fingerprint density at radius 3 is 2.63 bits per heavy atom. The van der Waals surface area contributed by atoms with E-state index in [-0.39, 0.29) is 5.78 Å². The highest BCUT2D eigenvalue weighted by atomic mass is 79.9. The molecule has 0 fully saturated rings. The van der Waals surface area contributed by atoms with Crippen LogP contribution in [0.1, 0.15) is 21.5 Å². The van der Waals surface area contributed by atoms with Crippen LogP contribution in [-0.2, 0) is 0 Å². The van der Waals surface area contributed by atoms with E-state index in [2.05, 4.69) is 15.9 Å². The lowest BCUT2D eigenvalue weighted by Gasteiger charge is -2.10. The van der Waals surface area contributed by atoms with Crippen molar-refractivity contribution in [1.29, 1.82) is 0 Å². The molecule has 0 aliphatic rings. The van der Waals surface area contributed by atoms with Gasteiger partial charge in [0.15, 0.2) is 5.78 Å². The summed E-state index contributed by atoms with van der Waals surface area (Å²) in [6.07, 6.45) is 0. The molecular formula is C15H12BrFO2. The predicted molar refractivity (Wildman–Crippen MR) is 75.3 cm³/mol. The van der Waals surface area contributed by atoms with Gasteiger partial charge in [-0.15, -0.1) is 0 Å². The van der Waals surface area contributed by atoms with E-state index in [4.69, 9.17) is 4.74 Å². The molecular weight excluding hydrogens is 311 g/mol. The average molecular weight is 323 g/mol. The van der Waals surface area contributed by atoms with Crippen molar-refractivity contribution in [2.75, 3.05) is 7.11 Å². The van der Waals surface area contributed by atoms with Crippen molar-refractivity contribution in [2.45, 2.75) is 6.92 Å². The van der Waals surface area contributed by atoms with Gasteiger partial charge in [0.2, 0.25) is 0 Å². The Hall–Kier alpha value is -1.68. The molecule has 0 bridgehead atoms. The van der Waals surface area contributed by atoms with Gasteiger partial charge in [-0.25, -0.2) is 4.39 Å². The standard InChI is InChI=1S/C15H12BrFO2/c1-9-6-14(19-2)12(8-13(9)16)15(18)10-4-3-5-11(17)7-10/h3-8H,1-2H3. The summed E-state index contributed by atoms with van der Waals surface area (Å²) in [7, 11) is 1.50. The molecule has 2 aromatic rings. The van der Waals surface area contributed by atoms with E-state index in [1.54, 1.807) is 18.2 Å². The molecule has 0 aliphatic heterocycles. The molecule has 0 unspecified atom stereocenters. The van der Waals surface area contributed by atoms with E-state index in [1.165, 1.54) is 25.3 Å². The lowest BCUT2D eigenvalue weighted by Crippen LogP contribution is -2.05. The van der Waals surface area contributed by atoms with Crippen molar-refractivity contribution < 1.29 is 13.9 Å². The molecule has 0 heterocycles. The van der Waals surface area contributed by atoms with Gasteiger partial charge in [0.25, 0.3) is 0 Å². The van der Waals surface area contributed by atoms with Crippen LogP contribution in [-0.4, -0.2) is 12.9 Å². The first-order chi connectivity index (χ1) is 9.02. The highest BCUT2D eigenvalue weighted by Gasteiger charge is 2.16. The Bertz CT molecular complexity index is 638. The number of ether oxygens (including phenoxy) is 1. The largest absolute Gasteiger partial charge is 0.496 e. The molecule has 2 nitrogen and oxygen atoms in total. The topological polar surface area (TPSA) is 26.3 Å². The van der Waals surface area contributed by atoms with Gasteiger partial charge in [-0.05, 0) is 36.8 Å². The molecule has 2 aromatic carbocycles. The van der Waals surface area contributed by atoms with Crippen LogP contribution in [0, 0.1) is 12.7 Å². The summed E-state index contributed by atoms with van der Waals surface area (Å²) in [6, 6.07) is 9.09. The van der Waals surface area contributed by atoms with Crippen molar-refractivity contribution in [2.24, 2.45) is 0 Å². The first kappa shape index (κ1) is 13.7. The van der Waals surface area contributed by atoms with E-state index < -0.39 is 5.82 Å². The summed E-state index contributed by atoms with van der Waals surface area (Å²) in [6.45, 7) is 1.91. The Balaban J connectivity index is 2.52. The summed E-state index contributed by atoms with van der Waals surface area (Å²) >= 11 is 3.38. The van der Waals surface area contributed by atoms with E-state index in [1.807, 2.05) is 6.92 Å². The fourth-order valence-electron chi connectivity index (χ4n) is 1.79. The minimum atomic E-state index is -0.434. The second kappa shape index (κ2) is 5.53. The van der Waals surface area contributed by atoms with Gasteiger partial charge in [-0.2, -0.15) is 0 Å². The van der Waals surface area contributed by atoms with Crippen LogP contribution in [0.15, 0.2) is 40.9 Å². The Morgan fingerprint density at radius 1 is 1.26 bits per heavy atom. The molecule has 0 N–H and O–H groups in total. The van der Waals surface area contributed by atoms with Crippen LogP contribution in [0.25, 0.3) is 0 Å². The number of aryl methyl sites for hydroxylation is 1. The van der Waals surface area contributed by atoms with Gasteiger partial charge in [-0.1, -0.05) is 28.1 Å². The maximum absolute atomic E-state index is 13.2. The third-order valence-corrected chi connectivity index (χ3v) is 3.67. The summed E-state index contributed by atoms with van der Waals surface area (Å²) < 4.78 is 19.2. The minimum Gasteiger partial charge on any atom is -0.496 e. The van der Waals surface area contributed by atoms with Crippen LogP contribution >= 0.6 is 15.9 Å². The smallest absolute Gasteiger partial charge is 0.196 e. The van der Waals surface area contributed by atoms with Gasteiger partial charge in [0.1, 0.15) is 11.6 Å². The monoisotopic (exact) mass is 322 g/mol. The van der Waals surface area contributed by atoms with Crippen LogP contribution in [0.2, 0.25) is 0 Å². The summed E-state index contributed by atoms with van der Waals surface area (Å²) in [5.41, 5.74) is 1.67. The molecule has 19 heavy (non-hydrogen) atoms. The normalized spacial score (nSPS) is 10.3. The number of carbonyl (C=O) groups excluding carboxylic acids is 1. The zero-order chi connectivity index (χ0) is 14.0. The zero-order valence-corrected chi connectivity index (χ0v) is 12.1. The van der Waals surface area contributed by atoms with Crippen molar-refractivity contribution in [1.82, 2.24) is 0 Å². The Labute approximate surface area is 119 Å². The van der Waals surface area contributed by atoms with Crippen LogP contribution in [0.4, 0.5) is 4.39 Å². The van der Waals surface area contributed by atoms with Crippen LogP contribution in [0.3, 0.4) is 0 Å². The molecule has 98 valence electrons. The summed E-state index contributed by atoms with van der Waals surface area (Å²) in [5.74, 6) is -0.219. The molecule has 4 heteroatoms. The lowest BCUT2D eigenvalue weighted by molar-refractivity contribution is 0.103. The molecule has 0 aromatic heterocycles. The number of rotatable bonds is 3. The molecule has 0 aliphatic carbocycles.